The second kappa shape index (κ2) is 9.21. The Labute approximate surface area is 200 Å². The number of aromatic nitrogens is 3. The Morgan fingerprint density at radius 3 is 2.88 bits per heavy atom. The predicted molar refractivity (Wildman–Crippen MR) is 136 cm³/mol. The van der Waals surface area contributed by atoms with Crippen LogP contribution in [0.3, 0.4) is 0 Å². The third kappa shape index (κ3) is 4.55. The van der Waals surface area contributed by atoms with Gasteiger partial charge in [0.1, 0.15) is 5.52 Å². The largest absolute Gasteiger partial charge is 0.337 e. The van der Waals surface area contributed by atoms with Gasteiger partial charge in [-0.05, 0) is 61.0 Å². The normalized spacial score (nSPS) is 11.2. The van der Waals surface area contributed by atoms with Crippen LogP contribution in [0.25, 0.3) is 16.6 Å². The van der Waals surface area contributed by atoms with Crippen LogP contribution in [0.1, 0.15) is 23.3 Å². The van der Waals surface area contributed by atoms with Crippen molar-refractivity contribution in [2.75, 3.05) is 10.6 Å². The molecule has 0 fully saturated rings. The number of fused-ring (bicyclic) bond motifs is 3. The number of carbonyl (C=O) groups is 1. The van der Waals surface area contributed by atoms with Crippen LogP contribution >= 0.6 is 22.9 Å². The smallest absolute Gasteiger partial charge is 0.224 e. The maximum absolute atomic E-state index is 12.4. The molecule has 2 N–H and O–H groups in total. The maximum atomic E-state index is 12.4. The number of nitrogens with one attached hydrogen (secondary N) is 2. The highest BCUT2D eigenvalue weighted by Gasteiger charge is 2.13. The highest BCUT2D eigenvalue weighted by Crippen LogP contribution is 2.31. The number of thiophene rings is 1. The minimum absolute atomic E-state index is 0.00761. The van der Waals surface area contributed by atoms with Crippen LogP contribution in [0.2, 0.25) is 5.02 Å². The molecule has 3 heterocycles. The SMILES string of the molecule is Cc1cccc(Cl)c1Nc1nc2ccc(NC(=O)CCCc3cccs3)cc2n2cncc12. The first kappa shape index (κ1) is 21.4. The Bertz CT molecular complexity index is 1420. The van der Waals surface area contributed by atoms with Crippen LogP contribution in [0.15, 0.2) is 66.4 Å². The van der Waals surface area contributed by atoms with Crippen molar-refractivity contribution in [1.82, 2.24) is 14.4 Å². The second-order valence-electron chi connectivity index (χ2n) is 7.85. The Hall–Kier alpha value is -3.42. The number of rotatable bonds is 7. The van der Waals surface area contributed by atoms with E-state index < -0.39 is 0 Å². The summed E-state index contributed by atoms with van der Waals surface area (Å²) >= 11 is 8.13. The van der Waals surface area contributed by atoms with E-state index in [4.69, 9.17) is 16.6 Å². The van der Waals surface area contributed by atoms with Crippen molar-refractivity contribution in [3.05, 3.63) is 81.9 Å². The first-order valence-corrected chi connectivity index (χ1v) is 11.9. The van der Waals surface area contributed by atoms with Crippen molar-refractivity contribution in [3.8, 4) is 0 Å². The number of hydrogen-bond acceptors (Lipinski definition) is 5. The van der Waals surface area contributed by atoms with Crippen LogP contribution in [0.5, 0.6) is 0 Å². The molecule has 1 amide bonds. The average molecular weight is 476 g/mol. The van der Waals surface area contributed by atoms with Crippen molar-refractivity contribution in [2.45, 2.75) is 26.2 Å². The summed E-state index contributed by atoms with van der Waals surface area (Å²) in [6, 6.07) is 15.6. The van der Waals surface area contributed by atoms with E-state index in [2.05, 4.69) is 27.1 Å². The first-order valence-electron chi connectivity index (χ1n) is 10.7. The third-order valence-electron chi connectivity index (χ3n) is 5.50. The van der Waals surface area contributed by atoms with Gasteiger partial charge in [0, 0.05) is 17.0 Å². The first-order chi connectivity index (χ1) is 16.1. The van der Waals surface area contributed by atoms with Gasteiger partial charge in [-0.1, -0.05) is 29.8 Å². The molecule has 0 aliphatic rings. The number of anilines is 3. The van der Waals surface area contributed by atoms with Crippen molar-refractivity contribution >= 4 is 62.6 Å². The Morgan fingerprint density at radius 2 is 2.06 bits per heavy atom. The zero-order valence-corrected chi connectivity index (χ0v) is 19.6. The van der Waals surface area contributed by atoms with Crippen LogP contribution in [0, 0.1) is 6.92 Å². The number of aryl methyl sites for hydroxylation is 2. The minimum Gasteiger partial charge on any atom is -0.337 e. The topological polar surface area (TPSA) is 71.3 Å². The molecule has 6 nitrogen and oxygen atoms in total. The molecule has 3 aromatic heterocycles. The zero-order valence-electron chi connectivity index (χ0n) is 18.0. The minimum atomic E-state index is 0.00761. The van der Waals surface area contributed by atoms with Crippen molar-refractivity contribution < 1.29 is 4.79 Å². The summed E-state index contributed by atoms with van der Waals surface area (Å²) in [5.41, 5.74) is 5.05. The fourth-order valence-corrected chi connectivity index (χ4v) is 4.85. The maximum Gasteiger partial charge on any atom is 0.224 e. The molecule has 0 aliphatic carbocycles. The number of halogens is 1. The third-order valence-corrected chi connectivity index (χ3v) is 6.76. The summed E-state index contributed by atoms with van der Waals surface area (Å²) in [6.07, 6.45) is 5.73. The summed E-state index contributed by atoms with van der Waals surface area (Å²) in [7, 11) is 0. The second-order valence-corrected chi connectivity index (χ2v) is 9.29. The van der Waals surface area contributed by atoms with Gasteiger partial charge in [0.05, 0.1) is 34.3 Å². The van der Waals surface area contributed by atoms with E-state index in [0.29, 0.717) is 17.3 Å². The number of nitrogens with zero attached hydrogens (tertiary/aromatic N) is 3. The molecule has 5 aromatic rings. The van der Waals surface area contributed by atoms with E-state index in [9.17, 15) is 4.79 Å². The van der Waals surface area contributed by atoms with Gasteiger partial charge >= 0.3 is 0 Å². The summed E-state index contributed by atoms with van der Waals surface area (Å²) < 4.78 is 1.96. The molecule has 166 valence electrons. The lowest BCUT2D eigenvalue weighted by atomic mass is 10.2. The van der Waals surface area contributed by atoms with Gasteiger partial charge in [-0.2, -0.15) is 0 Å². The summed E-state index contributed by atoms with van der Waals surface area (Å²) in [6.45, 7) is 2.00. The molecule has 5 rings (SSSR count). The number of amides is 1. The van der Waals surface area contributed by atoms with Crippen LogP contribution in [-0.4, -0.2) is 20.3 Å². The molecule has 0 saturated heterocycles. The molecule has 0 atom stereocenters. The van der Waals surface area contributed by atoms with E-state index in [1.165, 1.54) is 4.88 Å². The molecule has 0 bridgehead atoms. The average Bonchev–Trinajstić information content (AvgIpc) is 3.49. The standard InChI is InChI=1S/C25H22ClN5OS/c1-16-5-2-8-19(26)24(16)30-25-22-14-27-15-31(22)21-13-17(10-11-20(21)29-25)28-23(32)9-3-6-18-7-4-12-33-18/h2,4-5,7-8,10-15H,3,6,9H2,1H3,(H,28,32)(H,29,30). The van der Waals surface area contributed by atoms with Gasteiger partial charge in [-0.15, -0.1) is 11.3 Å². The van der Waals surface area contributed by atoms with E-state index in [0.717, 1.165) is 46.3 Å². The lowest BCUT2D eigenvalue weighted by Gasteiger charge is -2.14. The summed E-state index contributed by atoms with van der Waals surface area (Å²) in [5, 5.41) is 9.07. The molecular formula is C25H22ClN5OS. The van der Waals surface area contributed by atoms with Gasteiger partial charge in [-0.3, -0.25) is 9.20 Å². The van der Waals surface area contributed by atoms with Gasteiger partial charge in [-0.25, -0.2) is 9.97 Å². The molecular weight excluding hydrogens is 454 g/mol. The van der Waals surface area contributed by atoms with Gasteiger partial charge in [0.15, 0.2) is 5.82 Å². The Kier molecular flexibility index (Phi) is 5.98. The molecule has 33 heavy (non-hydrogen) atoms. The zero-order chi connectivity index (χ0) is 22.8. The quantitative estimate of drug-likeness (QED) is 0.278. The predicted octanol–water partition coefficient (Wildman–Crippen LogP) is 6.61. The van der Waals surface area contributed by atoms with Crippen molar-refractivity contribution in [3.63, 3.8) is 0 Å². The number of hydrogen-bond donors (Lipinski definition) is 2. The summed E-state index contributed by atoms with van der Waals surface area (Å²) in [5.74, 6) is 0.676. The van der Waals surface area contributed by atoms with Crippen molar-refractivity contribution in [2.24, 2.45) is 0 Å². The molecule has 0 radical (unpaired) electrons. The fourth-order valence-electron chi connectivity index (χ4n) is 3.83. The highest BCUT2D eigenvalue weighted by atomic mass is 35.5. The number of imidazole rings is 1. The fraction of sp³-hybridized carbons (Fsp3) is 0.160. The number of benzene rings is 2. The van der Waals surface area contributed by atoms with E-state index in [1.807, 2.05) is 53.8 Å². The lowest BCUT2D eigenvalue weighted by Crippen LogP contribution is -2.11. The van der Waals surface area contributed by atoms with E-state index in [1.54, 1.807) is 23.9 Å². The number of carbonyl (C=O) groups excluding carboxylic acids is 1. The van der Waals surface area contributed by atoms with Crippen molar-refractivity contribution in [1.29, 1.82) is 0 Å². The molecule has 0 saturated carbocycles. The van der Waals surface area contributed by atoms with E-state index in [-0.39, 0.29) is 5.91 Å². The lowest BCUT2D eigenvalue weighted by molar-refractivity contribution is -0.116. The molecule has 8 heteroatoms. The van der Waals surface area contributed by atoms with Crippen LogP contribution < -0.4 is 10.6 Å². The molecule has 0 spiro atoms. The Morgan fingerprint density at radius 1 is 1.15 bits per heavy atom. The number of para-hydroxylation sites is 1. The van der Waals surface area contributed by atoms with Gasteiger partial charge in [0.25, 0.3) is 0 Å². The molecule has 2 aromatic carbocycles. The summed E-state index contributed by atoms with van der Waals surface area (Å²) in [4.78, 5) is 22.9. The van der Waals surface area contributed by atoms with Gasteiger partial charge in [0.2, 0.25) is 5.91 Å². The monoisotopic (exact) mass is 475 g/mol. The molecule has 0 aliphatic heterocycles. The van der Waals surface area contributed by atoms with Gasteiger partial charge < -0.3 is 10.6 Å². The van der Waals surface area contributed by atoms with Crippen LogP contribution in [-0.2, 0) is 11.2 Å². The Balaban J connectivity index is 1.39. The highest BCUT2D eigenvalue weighted by molar-refractivity contribution is 7.09. The van der Waals surface area contributed by atoms with E-state index >= 15 is 0 Å². The van der Waals surface area contributed by atoms with Crippen LogP contribution in [0.4, 0.5) is 17.2 Å². The molecule has 0 unspecified atom stereocenters.